The molecule has 92 valence electrons. The number of rotatable bonds is 3. The first-order valence-electron chi connectivity index (χ1n) is 5.36. The van der Waals surface area contributed by atoms with Crippen LogP contribution in [0.5, 0.6) is 0 Å². The third kappa shape index (κ3) is 2.78. The minimum absolute atomic E-state index is 0.220. The molecular formula is C12H12N4OS. The number of hydrogen-bond donors (Lipinski definition) is 0. The van der Waals surface area contributed by atoms with E-state index in [1.165, 1.54) is 23.3 Å². The largest absolute Gasteiger partial charge is 0.273 e. The van der Waals surface area contributed by atoms with Crippen molar-refractivity contribution >= 4 is 28.1 Å². The summed E-state index contributed by atoms with van der Waals surface area (Å²) >= 11 is 1.34. The van der Waals surface area contributed by atoms with Crippen molar-refractivity contribution in [2.24, 2.45) is 10.3 Å². The van der Waals surface area contributed by atoms with Crippen molar-refractivity contribution in [3.05, 3.63) is 41.4 Å². The van der Waals surface area contributed by atoms with Gasteiger partial charge in [-0.15, -0.1) is 16.5 Å². The van der Waals surface area contributed by atoms with Crippen LogP contribution in [0.2, 0.25) is 0 Å². The Balaban J connectivity index is 2.25. The highest BCUT2D eigenvalue weighted by Crippen LogP contribution is 2.22. The van der Waals surface area contributed by atoms with Crippen molar-refractivity contribution < 1.29 is 4.79 Å². The van der Waals surface area contributed by atoms with Gasteiger partial charge in [0.2, 0.25) is 11.0 Å². The number of aromatic nitrogens is 1. The molecule has 6 heteroatoms. The minimum atomic E-state index is -0.220. The quantitative estimate of drug-likeness (QED) is 0.626. The second-order valence-corrected chi connectivity index (χ2v) is 4.49. The first kappa shape index (κ1) is 12.4. The molecule has 0 aliphatic rings. The molecule has 0 unspecified atom stereocenters. The Morgan fingerprint density at radius 3 is 2.78 bits per heavy atom. The highest BCUT2D eigenvalue weighted by molar-refractivity contribution is 7.13. The molecule has 5 nitrogen and oxygen atoms in total. The summed E-state index contributed by atoms with van der Waals surface area (Å²) in [5.74, 6) is -0.220. The standard InChI is InChI=1S/C12H12N4OS/c1-9-5-3-4-6-11(9)14-15-16(10(2)17)12-13-7-8-18-12/h3-8H,1-2H3. The van der Waals surface area contributed by atoms with Crippen LogP contribution in [0, 0.1) is 6.92 Å². The fourth-order valence-electron chi connectivity index (χ4n) is 1.32. The Morgan fingerprint density at radius 1 is 1.39 bits per heavy atom. The van der Waals surface area contributed by atoms with Gasteiger partial charge in [0.15, 0.2) is 0 Å². The van der Waals surface area contributed by atoms with Crippen LogP contribution in [0.1, 0.15) is 12.5 Å². The van der Waals surface area contributed by atoms with Gasteiger partial charge in [0.25, 0.3) is 0 Å². The van der Waals surface area contributed by atoms with Gasteiger partial charge in [0.05, 0.1) is 5.69 Å². The van der Waals surface area contributed by atoms with Gasteiger partial charge in [-0.2, -0.15) is 5.01 Å². The van der Waals surface area contributed by atoms with Crippen molar-refractivity contribution in [3.63, 3.8) is 0 Å². The number of benzene rings is 1. The molecule has 0 saturated carbocycles. The second kappa shape index (κ2) is 5.50. The Bertz CT molecular complexity index is 565. The van der Waals surface area contributed by atoms with Gasteiger partial charge in [-0.1, -0.05) is 23.4 Å². The lowest BCUT2D eigenvalue weighted by molar-refractivity contribution is -0.116. The topological polar surface area (TPSA) is 57.9 Å². The Hall–Kier alpha value is -2.08. The average molecular weight is 260 g/mol. The summed E-state index contributed by atoms with van der Waals surface area (Å²) in [6, 6.07) is 7.59. The molecule has 0 spiro atoms. The van der Waals surface area contributed by atoms with E-state index in [1.807, 2.05) is 31.2 Å². The number of thiazole rings is 1. The van der Waals surface area contributed by atoms with E-state index in [4.69, 9.17) is 0 Å². The van der Waals surface area contributed by atoms with Crippen LogP contribution in [0.15, 0.2) is 46.2 Å². The molecule has 2 aromatic rings. The zero-order valence-corrected chi connectivity index (χ0v) is 10.9. The minimum Gasteiger partial charge on any atom is -0.273 e. The summed E-state index contributed by atoms with van der Waals surface area (Å²) in [4.78, 5) is 15.5. The molecular weight excluding hydrogens is 248 g/mol. The van der Waals surface area contributed by atoms with Gasteiger partial charge in [-0.3, -0.25) is 4.79 Å². The van der Waals surface area contributed by atoms with Crippen molar-refractivity contribution in [2.75, 3.05) is 5.01 Å². The van der Waals surface area contributed by atoms with Crippen molar-refractivity contribution in [2.45, 2.75) is 13.8 Å². The van der Waals surface area contributed by atoms with Crippen molar-refractivity contribution in [1.82, 2.24) is 4.98 Å². The highest BCUT2D eigenvalue weighted by atomic mass is 32.1. The summed E-state index contributed by atoms with van der Waals surface area (Å²) in [5.41, 5.74) is 1.74. The maximum absolute atomic E-state index is 11.5. The van der Waals surface area contributed by atoms with Crippen LogP contribution in [0.25, 0.3) is 0 Å². The maximum Gasteiger partial charge on any atom is 0.247 e. The fraction of sp³-hybridized carbons (Fsp3) is 0.167. The molecule has 0 bridgehead atoms. The number of anilines is 1. The zero-order chi connectivity index (χ0) is 13.0. The molecule has 0 radical (unpaired) electrons. The molecule has 0 aliphatic carbocycles. The number of carbonyl (C=O) groups excluding carboxylic acids is 1. The van der Waals surface area contributed by atoms with E-state index in [0.717, 1.165) is 11.3 Å². The number of aryl methyl sites for hydroxylation is 1. The molecule has 2 rings (SSSR count). The Kier molecular flexibility index (Phi) is 3.78. The summed E-state index contributed by atoms with van der Waals surface area (Å²) in [7, 11) is 0. The van der Waals surface area contributed by atoms with Crippen LogP contribution >= 0.6 is 11.3 Å². The maximum atomic E-state index is 11.5. The lowest BCUT2D eigenvalue weighted by Crippen LogP contribution is -2.21. The summed E-state index contributed by atoms with van der Waals surface area (Å²) < 4.78 is 0. The second-order valence-electron chi connectivity index (χ2n) is 3.62. The van der Waals surface area contributed by atoms with E-state index < -0.39 is 0 Å². The predicted octanol–water partition coefficient (Wildman–Crippen LogP) is 3.50. The molecule has 1 amide bonds. The SMILES string of the molecule is CC(=O)N(N=Nc1ccccc1C)c1nccs1. The number of carbonyl (C=O) groups is 1. The molecule has 0 aliphatic heterocycles. The molecule has 0 saturated heterocycles. The van der Waals surface area contributed by atoms with Gasteiger partial charge >= 0.3 is 0 Å². The van der Waals surface area contributed by atoms with Crippen LogP contribution in [0.4, 0.5) is 10.8 Å². The summed E-state index contributed by atoms with van der Waals surface area (Å²) in [5, 5.41) is 11.5. The van der Waals surface area contributed by atoms with E-state index in [2.05, 4.69) is 15.3 Å². The van der Waals surface area contributed by atoms with Crippen LogP contribution < -0.4 is 5.01 Å². The average Bonchev–Trinajstić information content (AvgIpc) is 2.85. The zero-order valence-electron chi connectivity index (χ0n) is 10.1. The number of hydrogen-bond acceptors (Lipinski definition) is 5. The number of nitrogens with zero attached hydrogens (tertiary/aromatic N) is 4. The molecule has 18 heavy (non-hydrogen) atoms. The lowest BCUT2D eigenvalue weighted by Gasteiger charge is -2.08. The van der Waals surface area contributed by atoms with Gasteiger partial charge in [-0.05, 0) is 18.6 Å². The van der Waals surface area contributed by atoms with Crippen LogP contribution in [0.3, 0.4) is 0 Å². The first-order chi connectivity index (χ1) is 8.68. The fourth-order valence-corrected chi connectivity index (χ4v) is 1.96. The lowest BCUT2D eigenvalue weighted by atomic mass is 10.2. The van der Waals surface area contributed by atoms with E-state index in [9.17, 15) is 4.79 Å². The van der Waals surface area contributed by atoms with Crippen molar-refractivity contribution in [3.8, 4) is 0 Å². The molecule has 1 heterocycles. The Morgan fingerprint density at radius 2 is 2.17 bits per heavy atom. The number of amides is 1. The van der Waals surface area contributed by atoms with E-state index in [0.29, 0.717) is 5.13 Å². The van der Waals surface area contributed by atoms with E-state index >= 15 is 0 Å². The molecule has 1 aromatic heterocycles. The van der Waals surface area contributed by atoms with Gasteiger partial charge in [-0.25, -0.2) is 4.98 Å². The van der Waals surface area contributed by atoms with E-state index in [-0.39, 0.29) is 5.91 Å². The van der Waals surface area contributed by atoms with Gasteiger partial charge in [0, 0.05) is 18.5 Å². The Labute approximate surface area is 109 Å². The summed E-state index contributed by atoms with van der Waals surface area (Å²) in [6.45, 7) is 3.37. The third-order valence-corrected chi connectivity index (χ3v) is 3.00. The first-order valence-corrected chi connectivity index (χ1v) is 6.24. The van der Waals surface area contributed by atoms with Crippen LogP contribution in [-0.4, -0.2) is 10.9 Å². The predicted molar refractivity (Wildman–Crippen MR) is 71.0 cm³/mol. The molecule has 0 N–H and O–H groups in total. The summed E-state index contributed by atoms with van der Waals surface area (Å²) in [6.07, 6.45) is 1.62. The molecule has 0 atom stereocenters. The monoisotopic (exact) mass is 260 g/mol. The molecule has 1 aromatic carbocycles. The van der Waals surface area contributed by atoms with E-state index in [1.54, 1.807) is 11.6 Å². The van der Waals surface area contributed by atoms with Gasteiger partial charge in [0.1, 0.15) is 0 Å². The molecule has 0 fully saturated rings. The highest BCUT2D eigenvalue weighted by Gasteiger charge is 2.13. The normalized spacial score (nSPS) is 10.8. The van der Waals surface area contributed by atoms with Crippen molar-refractivity contribution in [1.29, 1.82) is 0 Å². The smallest absolute Gasteiger partial charge is 0.247 e. The van der Waals surface area contributed by atoms with Gasteiger partial charge < -0.3 is 0 Å². The third-order valence-electron chi connectivity index (χ3n) is 2.26. The van der Waals surface area contributed by atoms with Crippen LogP contribution in [-0.2, 0) is 4.79 Å².